The molecule has 0 aliphatic heterocycles. The molecule has 0 saturated carbocycles. The van der Waals surface area contributed by atoms with E-state index >= 15 is 0 Å². The number of benzene rings is 5. The largest absolute Gasteiger partial charge is 0.464 e. The van der Waals surface area contributed by atoms with Gasteiger partial charge in [-0.1, -0.05) is 54.6 Å². The molecule has 0 bridgehead atoms. The van der Waals surface area contributed by atoms with Gasteiger partial charge in [-0.25, -0.2) is 0 Å². The molecule has 3 heteroatoms. The Hall–Kier alpha value is -4.76. The molecule has 8 aromatic rings. The minimum Gasteiger partial charge on any atom is -0.464 e. The van der Waals surface area contributed by atoms with Gasteiger partial charge in [0.25, 0.3) is 0 Å². The van der Waals surface area contributed by atoms with Gasteiger partial charge in [0, 0.05) is 44.4 Å². The molecule has 35 heavy (non-hydrogen) atoms. The first-order chi connectivity index (χ1) is 17.4. The van der Waals surface area contributed by atoms with Crippen molar-refractivity contribution in [2.45, 2.75) is 0 Å². The van der Waals surface area contributed by atoms with Crippen molar-refractivity contribution in [2.75, 3.05) is 0 Å². The van der Waals surface area contributed by atoms with Gasteiger partial charge in [0.2, 0.25) is 0 Å². The van der Waals surface area contributed by atoms with E-state index in [1.54, 1.807) is 6.26 Å². The highest BCUT2D eigenvalue weighted by molar-refractivity contribution is 6.13. The van der Waals surface area contributed by atoms with Gasteiger partial charge in [0.05, 0.1) is 28.3 Å². The molecule has 164 valence electrons. The van der Waals surface area contributed by atoms with Crippen LogP contribution in [0.15, 0.2) is 126 Å². The van der Waals surface area contributed by atoms with Gasteiger partial charge in [-0.2, -0.15) is 0 Å². The Bertz CT molecular complexity index is 2000. The third-order valence-corrected chi connectivity index (χ3v) is 7.19. The second-order valence-corrected chi connectivity index (χ2v) is 9.07. The molecule has 0 fully saturated rings. The zero-order valence-electron chi connectivity index (χ0n) is 18.8. The second kappa shape index (κ2) is 6.87. The maximum absolute atomic E-state index is 5.75. The van der Waals surface area contributed by atoms with Gasteiger partial charge < -0.3 is 13.6 Å². The number of hydrogen-bond donors (Lipinski definition) is 0. The molecule has 0 unspecified atom stereocenters. The first-order valence-electron chi connectivity index (χ1n) is 11.9. The van der Waals surface area contributed by atoms with E-state index in [0.29, 0.717) is 0 Å². The van der Waals surface area contributed by atoms with Gasteiger partial charge in [-0.05, 0) is 54.6 Å². The number of nitrogens with zero attached hydrogens (tertiary/aromatic N) is 2. The van der Waals surface area contributed by atoms with Crippen LogP contribution in [0, 0.1) is 0 Å². The van der Waals surface area contributed by atoms with Crippen molar-refractivity contribution in [2.24, 2.45) is 0 Å². The van der Waals surface area contributed by atoms with Crippen LogP contribution in [-0.2, 0) is 0 Å². The van der Waals surface area contributed by atoms with E-state index in [1.165, 1.54) is 38.1 Å². The van der Waals surface area contributed by atoms with Crippen LogP contribution >= 0.6 is 0 Å². The summed E-state index contributed by atoms with van der Waals surface area (Å²) >= 11 is 0. The number of para-hydroxylation sites is 3. The van der Waals surface area contributed by atoms with Crippen molar-refractivity contribution in [3.05, 3.63) is 122 Å². The van der Waals surface area contributed by atoms with Crippen LogP contribution in [0.3, 0.4) is 0 Å². The van der Waals surface area contributed by atoms with Crippen LogP contribution in [0.5, 0.6) is 0 Å². The van der Waals surface area contributed by atoms with Crippen molar-refractivity contribution in [1.82, 2.24) is 9.13 Å². The molecule has 0 aliphatic carbocycles. The molecular formula is C32H20N2O. The lowest BCUT2D eigenvalue weighted by molar-refractivity contribution is 0.616. The van der Waals surface area contributed by atoms with E-state index in [-0.39, 0.29) is 0 Å². The Labute approximate surface area is 201 Å². The predicted molar refractivity (Wildman–Crippen MR) is 145 cm³/mol. The summed E-state index contributed by atoms with van der Waals surface area (Å²) in [5, 5.41) is 6.16. The zero-order valence-corrected chi connectivity index (χ0v) is 18.8. The Morgan fingerprint density at radius 1 is 0.429 bits per heavy atom. The molecule has 0 N–H and O–H groups in total. The van der Waals surface area contributed by atoms with E-state index in [1.807, 2.05) is 6.07 Å². The monoisotopic (exact) mass is 448 g/mol. The molecule has 0 amide bonds. The first kappa shape index (κ1) is 18.6. The van der Waals surface area contributed by atoms with E-state index in [4.69, 9.17) is 4.42 Å². The van der Waals surface area contributed by atoms with Crippen LogP contribution in [0.25, 0.3) is 66.0 Å². The Balaban J connectivity index is 1.38. The van der Waals surface area contributed by atoms with Crippen LogP contribution in [-0.4, -0.2) is 9.13 Å². The van der Waals surface area contributed by atoms with Crippen LogP contribution < -0.4 is 0 Å². The quantitative estimate of drug-likeness (QED) is 0.259. The molecule has 0 atom stereocenters. The number of rotatable bonds is 2. The normalized spacial score (nSPS) is 12.0. The summed E-state index contributed by atoms with van der Waals surface area (Å²) in [6.45, 7) is 0. The first-order valence-corrected chi connectivity index (χ1v) is 11.9. The van der Waals surface area contributed by atoms with Gasteiger partial charge in [-0.3, -0.25) is 0 Å². The third kappa shape index (κ3) is 2.55. The Kier molecular flexibility index (Phi) is 3.66. The number of furan rings is 1. The maximum atomic E-state index is 5.75. The minimum absolute atomic E-state index is 0.906. The van der Waals surface area contributed by atoms with Crippen molar-refractivity contribution in [1.29, 1.82) is 0 Å². The zero-order chi connectivity index (χ0) is 22.9. The van der Waals surface area contributed by atoms with E-state index in [0.717, 1.165) is 27.9 Å². The summed E-state index contributed by atoms with van der Waals surface area (Å²) < 4.78 is 10.4. The fourth-order valence-electron chi connectivity index (χ4n) is 5.66. The van der Waals surface area contributed by atoms with Crippen LogP contribution in [0.2, 0.25) is 0 Å². The van der Waals surface area contributed by atoms with Crippen LogP contribution in [0.1, 0.15) is 0 Å². The van der Waals surface area contributed by atoms with Crippen molar-refractivity contribution >= 4 is 54.6 Å². The van der Waals surface area contributed by atoms with Gasteiger partial charge in [0.1, 0.15) is 5.58 Å². The molecule has 0 radical (unpaired) electrons. The maximum Gasteiger partial charge on any atom is 0.135 e. The second-order valence-electron chi connectivity index (χ2n) is 9.07. The standard InChI is InChI=1S/C32H20N2O/c1-4-10-28-24(7-1)25-8-2-5-11-29(25)33(28)22-13-15-23(16-14-22)34-30-12-6-3-9-26(30)27-19-21-17-18-35-32(21)20-31(27)34/h1-20H. The smallest absolute Gasteiger partial charge is 0.135 e. The SMILES string of the molecule is c1ccc2c(c1)c1ccccc1n2-c1ccc(-n2c3ccccc3c3cc4ccoc4cc32)cc1. The van der Waals surface area contributed by atoms with Crippen molar-refractivity contribution < 1.29 is 4.42 Å². The summed E-state index contributed by atoms with van der Waals surface area (Å²) in [4.78, 5) is 0. The molecule has 0 saturated heterocycles. The molecular weight excluding hydrogens is 428 g/mol. The van der Waals surface area contributed by atoms with Crippen molar-refractivity contribution in [3.8, 4) is 11.4 Å². The van der Waals surface area contributed by atoms with Gasteiger partial charge in [-0.15, -0.1) is 0 Å². The lowest BCUT2D eigenvalue weighted by atomic mass is 10.1. The predicted octanol–water partition coefficient (Wildman–Crippen LogP) is 8.63. The van der Waals surface area contributed by atoms with E-state index < -0.39 is 0 Å². The summed E-state index contributed by atoms with van der Waals surface area (Å²) in [5.74, 6) is 0. The highest BCUT2D eigenvalue weighted by Crippen LogP contribution is 2.36. The minimum atomic E-state index is 0.906. The third-order valence-electron chi connectivity index (χ3n) is 7.19. The molecule has 3 nitrogen and oxygen atoms in total. The summed E-state index contributed by atoms with van der Waals surface area (Å²) in [5.41, 5.74) is 7.98. The Morgan fingerprint density at radius 2 is 0.914 bits per heavy atom. The van der Waals surface area contributed by atoms with Gasteiger partial charge in [0.15, 0.2) is 0 Å². The average Bonchev–Trinajstić information content (AvgIpc) is 3.60. The molecule has 3 aromatic heterocycles. The van der Waals surface area contributed by atoms with E-state index in [9.17, 15) is 0 Å². The fourth-order valence-corrected chi connectivity index (χ4v) is 5.66. The lowest BCUT2D eigenvalue weighted by Gasteiger charge is -2.11. The highest BCUT2D eigenvalue weighted by Gasteiger charge is 2.15. The van der Waals surface area contributed by atoms with Crippen molar-refractivity contribution in [3.63, 3.8) is 0 Å². The molecule has 3 heterocycles. The fraction of sp³-hybridized carbons (Fsp3) is 0. The Morgan fingerprint density at radius 3 is 1.49 bits per heavy atom. The number of hydrogen-bond acceptors (Lipinski definition) is 1. The molecule has 0 aliphatic rings. The highest BCUT2D eigenvalue weighted by atomic mass is 16.3. The van der Waals surface area contributed by atoms with Gasteiger partial charge >= 0.3 is 0 Å². The average molecular weight is 449 g/mol. The van der Waals surface area contributed by atoms with Crippen LogP contribution in [0.4, 0.5) is 0 Å². The molecule has 8 rings (SSSR count). The topological polar surface area (TPSA) is 23.0 Å². The molecule has 0 spiro atoms. The summed E-state index contributed by atoms with van der Waals surface area (Å²) in [6, 6.07) is 41.2. The molecule has 5 aromatic carbocycles. The summed E-state index contributed by atoms with van der Waals surface area (Å²) in [6.07, 6.45) is 1.76. The summed E-state index contributed by atoms with van der Waals surface area (Å²) in [7, 11) is 0. The van der Waals surface area contributed by atoms with E-state index in [2.05, 4.69) is 118 Å². The lowest BCUT2D eigenvalue weighted by Crippen LogP contribution is -1.97. The number of aromatic nitrogens is 2. The number of fused-ring (bicyclic) bond motifs is 7.